The van der Waals surface area contributed by atoms with Crippen molar-refractivity contribution in [3.63, 3.8) is 0 Å². The fourth-order valence-electron chi connectivity index (χ4n) is 6.61. The van der Waals surface area contributed by atoms with Gasteiger partial charge in [0.1, 0.15) is 19.3 Å². The van der Waals surface area contributed by atoms with Crippen molar-refractivity contribution in [2.45, 2.75) is 251 Å². The Morgan fingerprint density at radius 1 is 0.400 bits per heavy atom. The second kappa shape index (κ2) is 42.1. The maximum absolute atomic E-state index is 12.0. The summed E-state index contributed by atoms with van der Waals surface area (Å²) in [6.45, 7) is 4.33. The van der Waals surface area contributed by atoms with E-state index in [2.05, 4.69) is 26.0 Å². The number of rotatable bonds is 41. The normalized spacial score (nSPS) is 12.1. The molecule has 0 fully saturated rings. The minimum Gasteiger partial charge on any atom is -0.463 e. The van der Waals surface area contributed by atoms with Crippen molar-refractivity contribution in [2.24, 2.45) is 0 Å². The topological polar surface area (TPSA) is 72.8 Å². The quantitative estimate of drug-likeness (QED) is 0.0389. The molecule has 0 spiro atoms. The molecule has 0 unspecified atom stereocenters. The minimum atomic E-state index is -0.958. The Balaban J connectivity index is 3.37. The van der Waals surface area contributed by atoms with Gasteiger partial charge in [0.25, 0.3) is 0 Å². The average molecular weight is 707 g/mol. The Hall–Kier alpha value is -1.36. The van der Waals surface area contributed by atoms with Crippen LogP contribution in [0.2, 0.25) is 0 Å². The number of unbranched alkanes of at least 4 members (excludes halogenated alkanes) is 31. The molecule has 0 aromatic carbocycles. The molecule has 50 heavy (non-hydrogen) atoms. The third-order valence-electron chi connectivity index (χ3n) is 10.0. The molecular weight excluding hydrogens is 620 g/mol. The first-order valence-electron chi connectivity index (χ1n) is 22.2. The molecular formula is C45H86O5. The average Bonchev–Trinajstić information content (AvgIpc) is 3.12. The lowest BCUT2D eigenvalue weighted by Gasteiger charge is -2.12. The van der Waals surface area contributed by atoms with Crippen LogP contribution >= 0.6 is 0 Å². The van der Waals surface area contributed by atoms with Gasteiger partial charge in [0.2, 0.25) is 0 Å². The highest BCUT2D eigenvalue weighted by Crippen LogP contribution is 2.15. The Labute approximate surface area is 311 Å². The first kappa shape index (κ1) is 48.6. The van der Waals surface area contributed by atoms with Gasteiger partial charge in [-0.15, -0.1) is 0 Å². The summed E-state index contributed by atoms with van der Waals surface area (Å²) < 4.78 is 10.4. The van der Waals surface area contributed by atoms with E-state index >= 15 is 0 Å². The van der Waals surface area contributed by atoms with Crippen LogP contribution in [0.4, 0.5) is 0 Å². The number of esters is 2. The molecule has 5 heteroatoms. The summed E-state index contributed by atoms with van der Waals surface area (Å²) in [7, 11) is 0. The molecule has 0 saturated heterocycles. The van der Waals surface area contributed by atoms with Crippen LogP contribution in [0.15, 0.2) is 12.2 Å². The van der Waals surface area contributed by atoms with Crippen molar-refractivity contribution in [3.8, 4) is 0 Å². The van der Waals surface area contributed by atoms with Gasteiger partial charge < -0.3 is 14.6 Å². The third-order valence-corrected chi connectivity index (χ3v) is 10.0. The van der Waals surface area contributed by atoms with E-state index in [9.17, 15) is 14.7 Å². The van der Waals surface area contributed by atoms with E-state index in [1.165, 1.54) is 186 Å². The summed E-state index contributed by atoms with van der Waals surface area (Å²) in [6.07, 6.45) is 48.5. The predicted octanol–water partition coefficient (Wildman–Crippen LogP) is 14.1. The fourth-order valence-corrected chi connectivity index (χ4v) is 6.61. The predicted molar refractivity (Wildman–Crippen MR) is 215 cm³/mol. The van der Waals surface area contributed by atoms with E-state index in [1.807, 2.05) is 0 Å². The second-order valence-electron chi connectivity index (χ2n) is 15.2. The molecule has 0 aliphatic heterocycles. The van der Waals surface area contributed by atoms with E-state index in [1.54, 1.807) is 0 Å². The van der Waals surface area contributed by atoms with E-state index in [-0.39, 0.29) is 25.2 Å². The SMILES string of the molecule is CCCCCCCC/C=C\CCCCCCCCCCCCCC(=O)OC[C@H](O)COC(=O)CCCCCCCCCCCCCCCCC. The zero-order valence-corrected chi connectivity index (χ0v) is 33.7. The summed E-state index contributed by atoms with van der Waals surface area (Å²) in [5, 5.41) is 10.0. The molecule has 1 atom stereocenters. The van der Waals surface area contributed by atoms with Gasteiger partial charge >= 0.3 is 11.9 Å². The van der Waals surface area contributed by atoms with Crippen LogP contribution in [0, 0.1) is 0 Å². The molecule has 0 aliphatic carbocycles. The zero-order valence-electron chi connectivity index (χ0n) is 33.7. The highest BCUT2D eigenvalue weighted by atomic mass is 16.6. The van der Waals surface area contributed by atoms with Crippen molar-refractivity contribution in [2.75, 3.05) is 13.2 Å². The van der Waals surface area contributed by atoms with E-state index < -0.39 is 6.10 Å². The maximum atomic E-state index is 12.0. The molecule has 0 saturated carbocycles. The number of carbonyl (C=O) groups is 2. The van der Waals surface area contributed by atoms with Gasteiger partial charge in [0, 0.05) is 12.8 Å². The number of aliphatic hydroxyl groups excluding tert-OH is 1. The van der Waals surface area contributed by atoms with Gasteiger partial charge in [-0.1, -0.05) is 206 Å². The maximum Gasteiger partial charge on any atom is 0.305 e. The van der Waals surface area contributed by atoms with Crippen LogP contribution < -0.4 is 0 Å². The van der Waals surface area contributed by atoms with Crippen LogP contribution in [-0.2, 0) is 19.1 Å². The Morgan fingerprint density at radius 2 is 0.640 bits per heavy atom. The summed E-state index contributed by atoms with van der Waals surface area (Å²) >= 11 is 0. The van der Waals surface area contributed by atoms with E-state index in [0.29, 0.717) is 12.8 Å². The largest absolute Gasteiger partial charge is 0.463 e. The molecule has 0 rings (SSSR count). The van der Waals surface area contributed by atoms with Crippen LogP contribution in [0.25, 0.3) is 0 Å². The molecule has 0 radical (unpaired) electrons. The summed E-state index contributed by atoms with van der Waals surface area (Å²) in [5.74, 6) is -0.552. The van der Waals surface area contributed by atoms with Gasteiger partial charge in [-0.25, -0.2) is 0 Å². The fraction of sp³-hybridized carbons (Fsp3) is 0.911. The molecule has 296 valence electrons. The Morgan fingerprint density at radius 3 is 0.920 bits per heavy atom. The zero-order chi connectivity index (χ0) is 36.4. The number of allylic oxidation sites excluding steroid dienone is 2. The molecule has 0 bridgehead atoms. The van der Waals surface area contributed by atoms with Gasteiger partial charge in [-0.3, -0.25) is 9.59 Å². The smallest absolute Gasteiger partial charge is 0.305 e. The number of ether oxygens (including phenoxy) is 2. The van der Waals surface area contributed by atoms with Crippen molar-refractivity contribution >= 4 is 11.9 Å². The molecule has 1 N–H and O–H groups in total. The Bertz CT molecular complexity index is 720. The lowest BCUT2D eigenvalue weighted by Crippen LogP contribution is -2.25. The van der Waals surface area contributed by atoms with Crippen LogP contribution in [-0.4, -0.2) is 36.4 Å². The van der Waals surface area contributed by atoms with Crippen LogP contribution in [0.5, 0.6) is 0 Å². The van der Waals surface area contributed by atoms with Crippen molar-refractivity contribution in [1.82, 2.24) is 0 Å². The van der Waals surface area contributed by atoms with Crippen LogP contribution in [0.3, 0.4) is 0 Å². The number of carbonyl (C=O) groups excluding carboxylic acids is 2. The Kier molecular flexibility index (Phi) is 40.9. The highest BCUT2D eigenvalue weighted by Gasteiger charge is 2.12. The monoisotopic (exact) mass is 707 g/mol. The summed E-state index contributed by atoms with van der Waals surface area (Å²) in [5.41, 5.74) is 0. The first-order valence-corrected chi connectivity index (χ1v) is 22.2. The third kappa shape index (κ3) is 41.1. The van der Waals surface area contributed by atoms with Gasteiger partial charge in [-0.2, -0.15) is 0 Å². The van der Waals surface area contributed by atoms with E-state index in [4.69, 9.17) is 9.47 Å². The van der Waals surface area contributed by atoms with Crippen molar-refractivity contribution < 1.29 is 24.2 Å². The number of aliphatic hydroxyl groups is 1. The minimum absolute atomic E-state index is 0.110. The molecule has 0 aromatic rings. The standard InChI is InChI=1S/C45H86O5/c1-3-5-7-9-11-13-15-17-19-20-21-22-23-24-26-28-30-32-34-36-38-40-45(48)50-42-43(46)41-49-44(47)39-37-35-33-31-29-27-25-18-16-14-12-10-8-6-4-2/h17,19,43,46H,3-16,18,20-42H2,1-2H3/b19-17-/t43-/m1/s1. The summed E-state index contributed by atoms with van der Waals surface area (Å²) in [6, 6.07) is 0. The molecule has 5 nitrogen and oxygen atoms in total. The van der Waals surface area contributed by atoms with Gasteiger partial charge in [0.15, 0.2) is 0 Å². The molecule has 0 aliphatic rings. The van der Waals surface area contributed by atoms with Gasteiger partial charge in [0.05, 0.1) is 0 Å². The van der Waals surface area contributed by atoms with Gasteiger partial charge in [-0.05, 0) is 38.5 Å². The molecule has 0 heterocycles. The highest BCUT2D eigenvalue weighted by molar-refractivity contribution is 5.69. The first-order chi connectivity index (χ1) is 24.6. The lowest BCUT2D eigenvalue weighted by atomic mass is 10.0. The van der Waals surface area contributed by atoms with Crippen molar-refractivity contribution in [1.29, 1.82) is 0 Å². The van der Waals surface area contributed by atoms with E-state index in [0.717, 1.165) is 32.1 Å². The molecule has 0 amide bonds. The molecule has 0 aromatic heterocycles. The lowest BCUT2D eigenvalue weighted by molar-refractivity contribution is -0.152. The van der Waals surface area contributed by atoms with Crippen molar-refractivity contribution in [3.05, 3.63) is 12.2 Å². The van der Waals surface area contributed by atoms with Crippen LogP contribution in [0.1, 0.15) is 245 Å². The second-order valence-corrected chi connectivity index (χ2v) is 15.2. The summed E-state index contributed by atoms with van der Waals surface area (Å²) in [4.78, 5) is 24.0. The number of hydrogen-bond donors (Lipinski definition) is 1. The number of hydrogen-bond acceptors (Lipinski definition) is 5.